The monoisotopic (exact) mass is 417 g/mol. The highest BCUT2D eigenvalue weighted by Crippen LogP contribution is 2.34. The summed E-state index contributed by atoms with van der Waals surface area (Å²) in [7, 11) is 1.56. The SMILES string of the molecule is COC1=CSC(CC2=CC=CCN2CCC(c2ccccc2)c2ccccc2)C1=O. The van der Waals surface area contributed by atoms with Gasteiger partial charge in [-0.05, 0) is 23.6 Å². The molecule has 1 atom stereocenters. The summed E-state index contributed by atoms with van der Waals surface area (Å²) in [6.07, 6.45) is 8.20. The Balaban J connectivity index is 1.46. The van der Waals surface area contributed by atoms with Gasteiger partial charge in [-0.15, -0.1) is 11.8 Å². The van der Waals surface area contributed by atoms with Crippen LogP contribution >= 0.6 is 11.8 Å². The molecule has 4 rings (SSSR count). The second-order valence-electron chi connectivity index (χ2n) is 7.57. The predicted octanol–water partition coefficient (Wildman–Crippen LogP) is 5.53. The van der Waals surface area contributed by atoms with Crippen LogP contribution in [0.5, 0.6) is 0 Å². The summed E-state index contributed by atoms with van der Waals surface area (Å²) in [5, 5.41) is 1.76. The Hall–Kier alpha value is -2.72. The third-order valence-corrected chi connectivity index (χ3v) is 6.80. The number of carbonyl (C=O) groups excluding carboxylic acids is 1. The lowest BCUT2D eigenvalue weighted by molar-refractivity contribution is -0.117. The van der Waals surface area contributed by atoms with Gasteiger partial charge < -0.3 is 9.64 Å². The molecule has 2 aliphatic rings. The largest absolute Gasteiger partial charge is 0.492 e. The summed E-state index contributed by atoms with van der Waals surface area (Å²) in [6, 6.07) is 21.5. The standard InChI is InChI=1S/C26H27NO2S/c1-29-24-19-30-25(26(24)28)18-22-14-8-9-16-27(22)17-15-23(20-10-4-2-5-11-20)21-12-6-3-7-13-21/h2-14,19,23,25H,15-18H2,1H3. The number of nitrogens with zero attached hydrogens (tertiary/aromatic N) is 1. The molecule has 0 aliphatic carbocycles. The van der Waals surface area contributed by atoms with Crippen LogP contribution in [0.4, 0.5) is 0 Å². The summed E-state index contributed by atoms with van der Waals surface area (Å²) < 4.78 is 5.19. The van der Waals surface area contributed by atoms with Gasteiger partial charge in [0.15, 0.2) is 5.76 Å². The van der Waals surface area contributed by atoms with Crippen LogP contribution in [0.3, 0.4) is 0 Å². The normalized spacial score (nSPS) is 18.5. The number of carbonyl (C=O) groups is 1. The van der Waals surface area contributed by atoms with E-state index in [1.165, 1.54) is 16.8 Å². The van der Waals surface area contributed by atoms with Crippen molar-refractivity contribution in [3.63, 3.8) is 0 Å². The zero-order chi connectivity index (χ0) is 20.8. The number of Topliss-reactive ketones (excluding diaryl/α,β-unsaturated/α-hetero) is 1. The van der Waals surface area contributed by atoms with Crippen LogP contribution in [0, 0.1) is 0 Å². The molecule has 2 aliphatic heterocycles. The van der Waals surface area contributed by atoms with Crippen LogP contribution in [-0.2, 0) is 9.53 Å². The topological polar surface area (TPSA) is 29.5 Å². The molecule has 0 bridgehead atoms. The van der Waals surface area contributed by atoms with Crippen LogP contribution in [0.2, 0.25) is 0 Å². The average molecular weight is 418 g/mol. The second kappa shape index (κ2) is 9.86. The number of hydrogen-bond donors (Lipinski definition) is 0. The molecular formula is C26H27NO2S. The Morgan fingerprint density at radius 3 is 2.33 bits per heavy atom. The van der Waals surface area contributed by atoms with E-state index in [4.69, 9.17) is 4.74 Å². The minimum atomic E-state index is -0.0840. The fourth-order valence-electron chi connectivity index (χ4n) is 4.11. The maximum atomic E-state index is 12.5. The molecule has 30 heavy (non-hydrogen) atoms. The first kappa shape index (κ1) is 20.5. The maximum absolute atomic E-state index is 12.5. The Bertz CT molecular complexity index is 910. The number of allylic oxidation sites excluding steroid dienone is 4. The van der Waals surface area contributed by atoms with Crippen molar-refractivity contribution < 1.29 is 9.53 Å². The molecule has 0 aromatic heterocycles. The molecule has 2 heterocycles. The molecule has 0 fully saturated rings. The van der Waals surface area contributed by atoms with Crippen molar-refractivity contribution in [2.45, 2.75) is 24.0 Å². The van der Waals surface area contributed by atoms with Gasteiger partial charge >= 0.3 is 0 Å². The Morgan fingerprint density at radius 1 is 1.07 bits per heavy atom. The molecule has 2 aromatic rings. The van der Waals surface area contributed by atoms with Gasteiger partial charge in [-0.1, -0.05) is 72.8 Å². The first-order valence-electron chi connectivity index (χ1n) is 10.4. The third kappa shape index (κ3) is 4.71. The van der Waals surface area contributed by atoms with E-state index in [-0.39, 0.29) is 11.0 Å². The summed E-state index contributed by atoms with van der Waals surface area (Å²) in [6.45, 7) is 1.83. The lowest BCUT2D eigenvalue weighted by atomic mass is 9.88. The van der Waals surface area contributed by atoms with Crippen molar-refractivity contribution >= 4 is 17.5 Å². The number of ether oxygens (including phenoxy) is 1. The van der Waals surface area contributed by atoms with Gasteiger partial charge in [0.1, 0.15) is 0 Å². The van der Waals surface area contributed by atoms with Gasteiger partial charge in [0.2, 0.25) is 5.78 Å². The van der Waals surface area contributed by atoms with Crippen molar-refractivity contribution in [2.24, 2.45) is 0 Å². The Labute approximate surface area is 183 Å². The van der Waals surface area contributed by atoms with Gasteiger partial charge in [0.25, 0.3) is 0 Å². The van der Waals surface area contributed by atoms with Crippen LogP contribution in [0.25, 0.3) is 0 Å². The number of hydrogen-bond acceptors (Lipinski definition) is 4. The van der Waals surface area contributed by atoms with Crippen molar-refractivity contribution in [2.75, 3.05) is 20.2 Å². The molecule has 154 valence electrons. The summed E-state index contributed by atoms with van der Waals surface area (Å²) in [5.74, 6) is 0.935. The van der Waals surface area contributed by atoms with E-state index < -0.39 is 0 Å². The zero-order valence-corrected chi connectivity index (χ0v) is 18.1. The quantitative estimate of drug-likeness (QED) is 0.565. The molecule has 0 amide bonds. The molecule has 2 aromatic carbocycles. The fourth-order valence-corrected chi connectivity index (χ4v) is 5.11. The highest BCUT2D eigenvalue weighted by atomic mass is 32.2. The lowest BCUT2D eigenvalue weighted by Gasteiger charge is -2.31. The molecule has 3 nitrogen and oxygen atoms in total. The molecule has 0 N–H and O–H groups in total. The Kier molecular flexibility index (Phi) is 6.75. The first-order chi connectivity index (χ1) is 14.8. The van der Waals surface area contributed by atoms with Crippen molar-refractivity contribution in [1.29, 1.82) is 0 Å². The second-order valence-corrected chi connectivity index (χ2v) is 8.65. The van der Waals surface area contributed by atoms with Gasteiger partial charge in [0, 0.05) is 36.5 Å². The Morgan fingerprint density at radius 2 is 1.73 bits per heavy atom. The molecule has 1 unspecified atom stereocenters. The smallest absolute Gasteiger partial charge is 0.211 e. The minimum Gasteiger partial charge on any atom is -0.492 e. The van der Waals surface area contributed by atoms with E-state index >= 15 is 0 Å². The number of rotatable bonds is 8. The zero-order valence-electron chi connectivity index (χ0n) is 17.2. The van der Waals surface area contributed by atoms with Gasteiger partial charge in [-0.2, -0.15) is 0 Å². The van der Waals surface area contributed by atoms with E-state index in [1.807, 2.05) is 5.41 Å². The van der Waals surface area contributed by atoms with Crippen LogP contribution < -0.4 is 0 Å². The van der Waals surface area contributed by atoms with Gasteiger partial charge in [-0.3, -0.25) is 4.79 Å². The van der Waals surface area contributed by atoms with Crippen LogP contribution in [0.1, 0.15) is 29.9 Å². The lowest BCUT2D eigenvalue weighted by Crippen LogP contribution is -2.30. The van der Waals surface area contributed by atoms with Crippen molar-refractivity contribution in [1.82, 2.24) is 4.90 Å². The van der Waals surface area contributed by atoms with E-state index in [9.17, 15) is 4.79 Å². The fraction of sp³-hybridized carbons (Fsp3) is 0.269. The number of benzene rings is 2. The average Bonchev–Trinajstić information content (AvgIpc) is 3.15. The minimum absolute atomic E-state index is 0.0840. The molecule has 0 saturated heterocycles. The van der Waals surface area contributed by atoms with E-state index in [0.717, 1.165) is 25.9 Å². The summed E-state index contributed by atoms with van der Waals surface area (Å²) in [5.41, 5.74) is 3.92. The summed E-state index contributed by atoms with van der Waals surface area (Å²) >= 11 is 1.57. The highest BCUT2D eigenvalue weighted by molar-refractivity contribution is 8.04. The first-order valence-corrected chi connectivity index (χ1v) is 11.3. The third-order valence-electron chi connectivity index (χ3n) is 5.74. The summed E-state index contributed by atoms with van der Waals surface area (Å²) in [4.78, 5) is 14.9. The number of methoxy groups -OCH3 is 1. The van der Waals surface area contributed by atoms with E-state index in [0.29, 0.717) is 11.7 Å². The number of ketones is 1. The number of thioether (sulfide) groups is 1. The highest BCUT2D eigenvalue weighted by Gasteiger charge is 2.31. The van der Waals surface area contributed by atoms with E-state index in [2.05, 4.69) is 83.8 Å². The predicted molar refractivity (Wildman–Crippen MR) is 124 cm³/mol. The van der Waals surface area contributed by atoms with Crippen molar-refractivity contribution in [3.8, 4) is 0 Å². The van der Waals surface area contributed by atoms with Crippen LogP contribution in [0.15, 0.2) is 95.8 Å². The molecule has 0 radical (unpaired) electrons. The molecule has 0 saturated carbocycles. The van der Waals surface area contributed by atoms with Gasteiger partial charge in [-0.25, -0.2) is 0 Å². The van der Waals surface area contributed by atoms with Gasteiger partial charge in [0.05, 0.1) is 12.4 Å². The van der Waals surface area contributed by atoms with Crippen LogP contribution in [-0.4, -0.2) is 36.1 Å². The maximum Gasteiger partial charge on any atom is 0.211 e. The molecule has 0 spiro atoms. The van der Waals surface area contributed by atoms with Crippen molar-refractivity contribution in [3.05, 3.63) is 107 Å². The molecular weight excluding hydrogens is 390 g/mol. The van der Waals surface area contributed by atoms with E-state index in [1.54, 1.807) is 18.9 Å². The molecule has 4 heteroatoms.